The van der Waals surface area contributed by atoms with Gasteiger partial charge < -0.3 is 5.32 Å². The summed E-state index contributed by atoms with van der Waals surface area (Å²) in [6.45, 7) is 12.8. The van der Waals surface area contributed by atoms with Gasteiger partial charge in [0.05, 0.1) is 0 Å². The van der Waals surface area contributed by atoms with Crippen LogP contribution in [0.3, 0.4) is 0 Å². The molecule has 0 atom stereocenters. The van der Waals surface area contributed by atoms with E-state index in [2.05, 4.69) is 54.7 Å². The Morgan fingerprint density at radius 2 is 1.88 bits per heavy atom. The molecule has 1 heterocycles. The topological polar surface area (TPSA) is 42.7 Å². The van der Waals surface area contributed by atoms with E-state index in [1.165, 1.54) is 0 Å². The average molecular weight is 238 g/mol. The van der Waals surface area contributed by atoms with Gasteiger partial charge in [0.2, 0.25) is 0 Å². The van der Waals surface area contributed by atoms with Crippen molar-refractivity contribution in [3.8, 4) is 0 Å². The van der Waals surface area contributed by atoms with Crippen molar-refractivity contribution in [2.24, 2.45) is 0 Å². The smallest absolute Gasteiger partial charge is 0.150 e. The molecule has 0 saturated heterocycles. The first-order chi connectivity index (χ1) is 7.96. The van der Waals surface area contributed by atoms with Crippen LogP contribution in [0, 0.1) is 0 Å². The Hall–Kier alpha value is -0.900. The minimum atomic E-state index is 0.199. The fraction of sp³-hybridized carbons (Fsp3) is 0.846. The quantitative estimate of drug-likeness (QED) is 0.772. The molecular weight excluding hydrogens is 212 g/mol. The van der Waals surface area contributed by atoms with Crippen molar-refractivity contribution >= 4 is 0 Å². The zero-order chi connectivity index (χ0) is 12.9. The predicted octanol–water partition coefficient (Wildman–Crippen LogP) is 2.18. The number of hydrogen-bond acceptors (Lipinski definition) is 3. The molecule has 0 spiro atoms. The lowest BCUT2D eigenvalue weighted by molar-refractivity contribution is 0.407. The minimum Gasteiger partial charge on any atom is -0.312 e. The van der Waals surface area contributed by atoms with Gasteiger partial charge in [-0.3, -0.25) is 0 Å². The Labute approximate surface area is 105 Å². The normalized spacial score (nSPS) is 12.1. The first-order valence-electron chi connectivity index (χ1n) is 6.64. The fourth-order valence-electron chi connectivity index (χ4n) is 1.71. The van der Waals surface area contributed by atoms with Crippen molar-refractivity contribution in [3.05, 3.63) is 11.6 Å². The zero-order valence-electron chi connectivity index (χ0n) is 11.9. The van der Waals surface area contributed by atoms with Crippen LogP contribution >= 0.6 is 0 Å². The van der Waals surface area contributed by atoms with Gasteiger partial charge in [-0.25, -0.2) is 9.67 Å². The van der Waals surface area contributed by atoms with Crippen molar-refractivity contribution in [3.63, 3.8) is 0 Å². The van der Waals surface area contributed by atoms with Crippen LogP contribution in [0.2, 0.25) is 0 Å². The molecule has 0 fully saturated rings. The van der Waals surface area contributed by atoms with Gasteiger partial charge >= 0.3 is 0 Å². The summed E-state index contributed by atoms with van der Waals surface area (Å²) in [7, 11) is 0. The summed E-state index contributed by atoms with van der Waals surface area (Å²) in [6.07, 6.45) is 2.97. The van der Waals surface area contributed by atoms with Crippen LogP contribution in [0.5, 0.6) is 0 Å². The lowest BCUT2D eigenvalue weighted by Crippen LogP contribution is -2.36. The molecule has 0 saturated carbocycles. The van der Waals surface area contributed by atoms with Crippen LogP contribution in [0.4, 0.5) is 0 Å². The van der Waals surface area contributed by atoms with Crippen LogP contribution in [0.1, 0.15) is 52.7 Å². The molecule has 1 rings (SSSR count). The molecule has 0 aliphatic carbocycles. The highest BCUT2D eigenvalue weighted by Gasteiger charge is 2.09. The summed E-state index contributed by atoms with van der Waals surface area (Å²) < 4.78 is 2.06. The molecule has 0 aliphatic rings. The van der Waals surface area contributed by atoms with Crippen LogP contribution in [-0.2, 0) is 19.4 Å². The maximum Gasteiger partial charge on any atom is 0.150 e. The molecule has 0 radical (unpaired) electrons. The monoisotopic (exact) mass is 238 g/mol. The molecule has 1 aromatic heterocycles. The third-order valence-corrected chi connectivity index (χ3v) is 2.63. The third-order valence-electron chi connectivity index (χ3n) is 2.63. The highest BCUT2D eigenvalue weighted by atomic mass is 15.3. The number of nitrogens with zero attached hydrogens (tertiary/aromatic N) is 3. The average Bonchev–Trinajstić information content (AvgIpc) is 2.65. The standard InChI is InChI=1S/C13H26N4/c1-6-11-15-12(7-2)17(16-11)10-8-9-14-13(3,4)5/h14H,6-10H2,1-5H3. The Morgan fingerprint density at radius 1 is 1.18 bits per heavy atom. The molecule has 1 aromatic rings. The summed E-state index contributed by atoms with van der Waals surface area (Å²) >= 11 is 0. The second-order valence-corrected chi connectivity index (χ2v) is 5.40. The number of aromatic nitrogens is 3. The number of aryl methyl sites for hydroxylation is 3. The lowest BCUT2D eigenvalue weighted by atomic mass is 10.1. The van der Waals surface area contributed by atoms with Gasteiger partial charge in [-0.1, -0.05) is 13.8 Å². The molecular formula is C13H26N4. The van der Waals surface area contributed by atoms with Crippen molar-refractivity contribution in [2.45, 2.75) is 66.0 Å². The van der Waals surface area contributed by atoms with E-state index in [0.29, 0.717) is 0 Å². The molecule has 17 heavy (non-hydrogen) atoms. The first kappa shape index (κ1) is 14.2. The lowest BCUT2D eigenvalue weighted by Gasteiger charge is -2.20. The zero-order valence-corrected chi connectivity index (χ0v) is 11.9. The maximum atomic E-state index is 4.51. The maximum absolute atomic E-state index is 4.51. The molecule has 0 unspecified atom stereocenters. The van der Waals surface area contributed by atoms with Crippen molar-refractivity contribution < 1.29 is 0 Å². The molecule has 98 valence electrons. The van der Waals surface area contributed by atoms with E-state index in [9.17, 15) is 0 Å². The van der Waals surface area contributed by atoms with Crippen molar-refractivity contribution in [1.29, 1.82) is 0 Å². The molecule has 4 heteroatoms. The predicted molar refractivity (Wildman–Crippen MR) is 71.2 cm³/mol. The second kappa shape index (κ2) is 6.15. The van der Waals surface area contributed by atoms with Crippen LogP contribution < -0.4 is 5.32 Å². The van der Waals surface area contributed by atoms with E-state index < -0.39 is 0 Å². The van der Waals surface area contributed by atoms with E-state index in [4.69, 9.17) is 0 Å². The summed E-state index contributed by atoms with van der Waals surface area (Å²) in [5.74, 6) is 2.07. The van der Waals surface area contributed by atoms with E-state index in [1.807, 2.05) is 0 Å². The third kappa shape index (κ3) is 4.86. The second-order valence-electron chi connectivity index (χ2n) is 5.40. The summed E-state index contributed by atoms with van der Waals surface area (Å²) in [4.78, 5) is 4.51. The summed E-state index contributed by atoms with van der Waals surface area (Å²) in [6, 6.07) is 0. The van der Waals surface area contributed by atoms with E-state index >= 15 is 0 Å². The highest BCUT2D eigenvalue weighted by Crippen LogP contribution is 2.03. The minimum absolute atomic E-state index is 0.199. The van der Waals surface area contributed by atoms with Gasteiger partial charge in [0, 0.05) is 24.9 Å². The Morgan fingerprint density at radius 3 is 2.41 bits per heavy atom. The Bertz CT molecular complexity index is 336. The van der Waals surface area contributed by atoms with E-state index in [-0.39, 0.29) is 5.54 Å². The fourth-order valence-corrected chi connectivity index (χ4v) is 1.71. The van der Waals surface area contributed by atoms with Gasteiger partial charge in [0.25, 0.3) is 0 Å². The van der Waals surface area contributed by atoms with Crippen LogP contribution in [0.15, 0.2) is 0 Å². The number of rotatable bonds is 6. The summed E-state index contributed by atoms with van der Waals surface area (Å²) in [5, 5.41) is 8.00. The summed E-state index contributed by atoms with van der Waals surface area (Å²) in [5.41, 5.74) is 0.199. The van der Waals surface area contributed by atoms with Gasteiger partial charge in [-0.15, -0.1) is 0 Å². The molecule has 0 bridgehead atoms. The van der Waals surface area contributed by atoms with Crippen molar-refractivity contribution in [1.82, 2.24) is 20.1 Å². The molecule has 0 amide bonds. The first-order valence-corrected chi connectivity index (χ1v) is 6.64. The molecule has 0 aromatic carbocycles. The highest BCUT2D eigenvalue weighted by molar-refractivity contribution is 4.92. The number of nitrogens with one attached hydrogen (secondary N) is 1. The van der Waals surface area contributed by atoms with Gasteiger partial charge in [-0.05, 0) is 33.7 Å². The van der Waals surface area contributed by atoms with Gasteiger partial charge in [0.15, 0.2) is 5.82 Å². The van der Waals surface area contributed by atoms with Crippen LogP contribution in [-0.4, -0.2) is 26.8 Å². The molecule has 1 N–H and O–H groups in total. The Kier molecular flexibility index (Phi) is 5.12. The van der Waals surface area contributed by atoms with Crippen LogP contribution in [0.25, 0.3) is 0 Å². The van der Waals surface area contributed by atoms with Gasteiger partial charge in [-0.2, -0.15) is 5.10 Å². The number of hydrogen-bond donors (Lipinski definition) is 1. The van der Waals surface area contributed by atoms with Gasteiger partial charge in [0.1, 0.15) is 5.82 Å². The molecule has 0 aliphatic heterocycles. The van der Waals surface area contributed by atoms with E-state index in [1.54, 1.807) is 0 Å². The van der Waals surface area contributed by atoms with E-state index in [0.717, 1.165) is 44.0 Å². The largest absolute Gasteiger partial charge is 0.312 e. The SMILES string of the molecule is CCc1nc(CC)n(CCCNC(C)(C)C)n1. The Balaban J connectivity index is 2.43. The van der Waals surface area contributed by atoms with Crippen molar-refractivity contribution in [2.75, 3.05) is 6.54 Å². The molecule has 4 nitrogen and oxygen atoms in total.